The molecule has 0 bridgehead atoms. The first-order valence-corrected chi connectivity index (χ1v) is 8.03. The van der Waals surface area contributed by atoms with Crippen molar-refractivity contribution < 1.29 is 5.11 Å². The van der Waals surface area contributed by atoms with Gasteiger partial charge in [0, 0.05) is 0 Å². The number of aryl methyl sites for hydroxylation is 2. The fraction of sp³-hybridized carbons (Fsp3) is 0.250. The van der Waals surface area contributed by atoms with Crippen molar-refractivity contribution in [3.63, 3.8) is 0 Å². The second-order valence-electron chi connectivity index (χ2n) is 5.08. The van der Waals surface area contributed by atoms with Crippen LogP contribution in [0.15, 0.2) is 42.1 Å². The zero-order chi connectivity index (χ0) is 16.8. The minimum atomic E-state index is 0.0477. The van der Waals surface area contributed by atoms with Gasteiger partial charge in [-0.3, -0.25) is 0 Å². The maximum absolute atomic E-state index is 7.33. The number of aliphatic imine (C=N–C) groups is 1. The summed E-state index contributed by atoms with van der Waals surface area (Å²) < 4.78 is 0. The van der Waals surface area contributed by atoms with Crippen molar-refractivity contribution in [2.75, 3.05) is 5.32 Å². The van der Waals surface area contributed by atoms with E-state index in [4.69, 9.17) is 16.6 Å². The number of aliphatic hydroxyl groups excluding tert-OH is 1. The summed E-state index contributed by atoms with van der Waals surface area (Å²) in [6.45, 7) is 5.06. The fourth-order valence-electron chi connectivity index (χ4n) is 2.50. The molecule has 6 nitrogen and oxygen atoms in total. The van der Waals surface area contributed by atoms with Gasteiger partial charge in [0.1, 0.15) is 5.00 Å². The van der Waals surface area contributed by atoms with E-state index in [0.29, 0.717) is 11.2 Å². The number of nitrogens with one attached hydrogen (secondary N) is 1. The number of benzene rings is 1. The van der Waals surface area contributed by atoms with E-state index in [9.17, 15) is 0 Å². The van der Waals surface area contributed by atoms with Gasteiger partial charge in [-0.1, -0.05) is 42.2 Å². The molecule has 7 heteroatoms. The van der Waals surface area contributed by atoms with Crippen molar-refractivity contribution in [3.8, 4) is 0 Å². The Kier molecular flexibility index (Phi) is 5.59. The van der Waals surface area contributed by atoms with Gasteiger partial charge in [0.05, 0.1) is 18.0 Å². The van der Waals surface area contributed by atoms with E-state index in [-0.39, 0.29) is 5.96 Å². The number of aliphatic hydroxyl groups is 1. The summed E-state index contributed by atoms with van der Waals surface area (Å²) in [5.41, 5.74) is 14.5. The average Bonchev–Trinajstić information content (AvgIpc) is 2.88. The second-order valence-corrected chi connectivity index (χ2v) is 6.06. The van der Waals surface area contributed by atoms with Crippen LogP contribution in [0.5, 0.6) is 0 Å². The van der Waals surface area contributed by atoms with Crippen molar-refractivity contribution in [2.24, 2.45) is 16.5 Å². The maximum atomic E-state index is 7.33. The molecule has 6 N–H and O–H groups in total. The topological polar surface area (TPSA) is 110 Å². The van der Waals surface area contributed by atoms with Crippen LogP contribution in [0.2, 0.25) is 0 Å². The van der Waals surface area contributed by atoms with Gasteiger partial charge < -0.3 is 21.9 Å². The first-order chi connectivity index (χ1) is 11.0. The summed E-state index contributed by atoms with van der Waals surface area (Å²) in [5, 5.41) is 12.6. The molecule has 23 heavy (non-hydrogen) atoms. The molecule has 0 saturated heterocycles. The standard InChI is InChI=1S/C14H17N5S.C2H4O/c1-8-4-2-3-5-9(8)10-6-7-11-12(17-10)20-14(18-11)19-13(15)16;1-2-3/h2-5,10,17H,6-7H2,1H3,(H4,15,16,18,19);2-3H,1H2. The Balaban J connectivity index is 0.000000595. The fourth-order valence-corrected chi connectivity index (χ4v) is 3.46. The van der Waals surface area contributed by atoms with Crippen LogP contribution in [0, 0.1) is 6.92 Å². The summed E-state index contributed by atoms with van der Waals surface area (Å²) >= 11 is 1.50. The normalized spacial score (nSPS) is 15.4. The van der Waals surface area contributed by atoms with Crippen molar-refractivity contribution in [3.05, 3.63) is 53.9 Å². The smallest absolute Gasteiger partial charge is 0.214 e. The Morgan fingerprint density at radius 1 is 1.48 bits per heavy atom. The minimum Gasteiger partial charge on any atom is -0.516 e. The summed E-state index contributed by atoms with van der Waals surface area (Å²) in [6.07, 6.45) is 2.72. The van der Waals surface area contributed by atoms with E-state index in [1.165, 1.54) is 22.5 Å². The molecule has 0 amide bonds. The highest BCUT2D eigenvalue weighted by Crippen LogP contribution is 2.39. The van der Waals surface area contributed by atoms with Crippen LogP contribution in [-0.4, -0.2) is 16.1 Å². The SMILES string of the molecule is C=CO.Cc1ccccc1C1CCc2nc(N=C(N)N)sc2N1. The Hall–Kier alpha value is -2.54. The number of nitrogens with zero attached hydrogens (tertiary/aromatic N) is 2. The van der Waals surface area contributed by atoms with Gasteiger partial charge in [0.15, 0.2) is 5.96 Å². The number of anilines is 1. The van der Waals surface area contributed by atoms with Crippen LogP contribution in [-0.2, 0) is 6.42 Å². The number of rotatable bonds is 2. The van der Waals surface area contributed by atoms with Crippen LogP contribution in [0.25, 0.3) is 0 Å². The largest absolute Gasteiger partial charge is 0.516 e. The highest BCUT2D eigenvalue weighted by Gasteiger charge is 2.23. The number of hydrogen-bond donors (Lipinski definition) is 4. The Morgan fingerprint density at radius 2 is 2.17 bits per heavy atom. The number of fused-ring (bicyclic) bond motifs is 1. The third-order valence-corrected chi connectivity index (χ3v) is 4.37. The van der Waals surface area contributed by atoms with Crippen molar-refractivity contribution in [1.29, 1.82) is 0 Å². The number of hydrogen-bond acceptors (Lipinski definition) is 5. The predicted molar refractivity (Wildman–Crippen MR) is 96.3 cm³/mol. The zero-order valence-corrected chi connectivity index (χ0v) is 13.8. The molecule has 1 atom stereocenters. The Labute approximate surface area is 139 Å². The lowest BCUT2D eigenvalue weighted by Gasteiger charge is -2.25. The van der Waals surface area contributed by atoms with Crippen molar-refractivity contribution >= 4 is 27.4 Å². The molecule has 0 fully saturated rings. The molecule has 3 rings (SSSR count). The number of aromatic nitrogens is 1. The zero-order valence-electron chi connectivity index (χ0n) is 13.0. The van der Waals surface area contributed by atoms with E-state index in [0.717, 1.165) is 29.8 Å². The lowest BCUT2D eigenvalue weighted by molar-refractivity contribution is 0.476. The van der Waals surface area contributed by atoms with Crippen LogP contribution in [0.1, 0.15) is 29.3 Å². The number of guanidine groups is 1. The van der Waals surface area contributed by atoms with E-state index < -0.39 is 0 Å². The lowest BCUT2D eigenvalue weighted by atomic mass is 9.95. The van der Waals surface area contributed by atoms with Gasteiger partial charge in [-0.2, -0.15) is 4.99 Å². The van der Waals surface area contributed by atoms with E-state index in [1.54, 1.807) is 0 Å². The molecule has 1 aromatic carbocycles. The summed E-state index contributed by atoms with van der Waals surface area (Å²) in [4.78, 5) is 8.47. The summed E-state index contributed by atoms with van der Waals surface area (Å²) in [6, 6.07) is 8.80. The Morgan fingerprint density at radius 3 is 2.83 bits per heavy atom. The van der Waals surface area contributed by atoms with Gasteiger partial charge in [-0.15, -0.1) is 0 Å². The number of nitrogens with two attached hydrogens (primary N) is 2. The predicted octanol–water partition coefficient (Wildman–Crippen LogP) is 3.14. The van der Waals surface area contributed by atoms with Gasteiger partial charge in [-0.25, -0.2) is 4.98 Å². The van der Waals surface area contributed by atoms with E-state index in [2.05, 4.69) is 53.1 Å². The molecule has 2 aromatic rings. The molecule has 0 spiro atoms. The van der Waals surface area contributed by atoms with Crippen LogP contribution < -0.4 is 16.8 Å². The van der Waals surface area contributed by atoms with Gasteiger partial charge in [0.2, 0.25) is 5.13 Å². The molecular formula is C16H21N5OS. The minimum absolute atomic E-state index is 0.0477. The first kappa shape index (κ1) is 16.8. The first-order valence-electron chi connectivity index (χ1n) is 7.21. The van der Waals surface area contributed by atoms with Crippen LogP contribution in [0.4, 0.5) is 10.1 Å². The molecular weight excluding hydrogens is 310 g/mol. The molecule has 122 valence electrons. The highest BCUT2D eigenvalue weighted by molar-refractivity contribution is 7.19. The van der Waals surface area contributed by atoms with Gasteiger partial charge in [0.25, 0.3) is 0 Å². The van der Waals surface area contributed by atoms with Gasteiger partial charge in [-0.05, 0) is 30.9 Å². The molecule has 0 aliphatic carbocycles. The lowest BCUT2D eigenvalue weighted by Crippen LogP contribution is -2.21. The molecule has 1 unspecified atom stereocenters. The second kappa shape index (κ2) is 7.64. The number of thiazole rings is 1. The molecule has 0 radical (unpaired) electrons. The van der Waals surface area contributed by atoms with Crippen LogP contribution >= 0.6 is 11.3 Å². The molecule has 1 aliphatic rings. The third-order valence-electron chi connectivity index (χ3n) is 3.45. The molecule has 1 aromatic heterocycles. The summed E-state index contributed by atoms with van der Waals surface area (Å²) in [7, 11) is 0. The van der Waals surface area contributed by atoms with Crippen molar-refractivity contribution in [1.82, 2.24) is 4.98 Å². The molecule has 0 saturated carbocycles. The highest BCUT2D eigenvalue weighted by atomic mass is 32.1. The van der Waals surface area contributed by atoms with E-state index >= 15 is 0 Å². The van der Waals surface area contributed by atoms with Crippen molar-refractivity contribution in [2.45, 2.75) is 25.8 Å². The molecule has 2 heterocycles. The Bertz CT molecular complexity index is 706. The average molecular weight is 331 g/mol. The monoisotopic (exact) mass is 331 g/mol. The van der Waals surface area contributed by atoms with E-state index in [1.807, 2.05) is 0 Å². The maximum Gasteiger partial charge on any atom is 0.214 e. The van der Waals surface area contributed by atoms with Gasteiger partial charge >= 0.3 is 0 Å². The third kappa shape index (κ3) is 4.23. The summed E-state index contributed by atoms with van der Waals surface area (Å²) in [5.74, 6) is 0.0477. The molecule has 1 aliphatic heterocycles. The van der Waals surface area contributed by atoms with Crippen LogP contribution in [0.3, 0.4) is 0 Å². The quantitative estimate of drug-likeness (QED) is 0.384.